The zero-order valence-corrected chi connectivity index (χ0v) is 12.4. The van der Waals surface area contributed by atoms with Gasteiger partial charge in [-0.15, -0.1) is 0 Å². The first-order valence-electron chi connectivity index (χ1n) is 6.03. The first-order chi connectivity index (χ1) is 9.82. The van der Waals surface area contributed by atoms with Gasteiger partial charge in [-0.2, -0.15) is 4.31 Å². The lowest BCUT2D eigenvalue weighted by Crippen LogP contribution is -2.37. The third-order valence-electron chi connectivity index (χ3n) is 2.97. The lowest BCUT2D eigenvalue weighted by atomic mass is 10.3. The van der Waals surface area contributed by atoms with Crippen LogP contribution in [0.2, 0.25) is 5.02 Å². The molecule has 1 aromatic rings. The number of amides is 1. The first kappa shape index (κ1) is 15.7. The van der Waals surface area contributed by atoms with E-state index in [4.69, 9.17) is 11.6 Å². The number of hydrogen-bond donors (Lipinski definition) is 1. The monoisotopic (exact) mass is 333 g/mol. The second-order valence-electron chi connectivity index (χ2n) is 4.41. The average Bonchev–Trinajstić information content (AvgIpc) is 2.64. The Morgan fingerprint density at radius 2 is 2.10 bits per heavy atom. The SMILES string of the molecule is O=C1CN(S(=O)(=O)c2cc([N+](=O)[O-])ccc2Cl)CCCN1. The minimum absolute atomic E-state index is 0.120. The molecule has 1 aliphatic heterocycles. The van der Waals surface area contributed by atoms with Crippen LogP contribution in [0.4, 0.5) is 5.69 Å². The maximum Gasteiger partial charge on any atom is 0.270 e. The molecule has 0 bridgehead atoms. The van der Waals surface area contributed by atoms with Crippen LogP contribution in [0.15, 0.2) is 23.1 Å². The molecule has 0 aromatic heterocycles. The molecule has 1 N–H and O–H groups in total. The Morgan fingerprint density at radius 1 is 1.38 bits per heavy atom. The van der Waals surface area contributed by atoms with Crippen molar-refractivity contribution in [3.63, 3.8) is 0 Å². The van der Waals surface area contributed by atoms with E-state index in [1.165, 1.54) is 0 Å². The molecule has 21 heavy (non-hydrogen) atoms. The number of halogens is 1. The summed E-state index contributed by atoms with van der Waals surface area (Å²) in [7, 11) is -4.07. The maximum absolute atomic E-state index is 12.5. The van der Waals surface area contributed by atoms with E-state index in [1.54, 1.807) is 0 Å². The third-order valence-corrected chi connectivity index (χ3v) is 5.30. The zero-order valence-electron chi connectivity index (χ0n) is 10.8. The normalized spacial score (nSPS) is 17.1. The Morgan fingerprint density at radius 3 is 2.76 bits per heavy atom. The van der Waals surface area contributed by atoms with Gasteiger partial charge in [0, 0.05) is 25.2 Å². The van der Waals surface area contributed by atoms with Gasteiger partial charge in [0.05, 0.1) is 16.5 Å². The van der Waals surface area contributed by atoms with E-state index in [9.17, 15) is 23.3 Å². The van der Waals surface area contributed by atoms with Crippen LogP contribution in [0.25, 0.3) is 0 Å². The first-order valence-corrected chi connectivity index (χ1v) is 7.85. The summed E-state index contributed by atoms with van der Waals surface area (Å²) >= 11 is 5.85. The Labute approximate surface area is 125 Å². The van der Waals surface area contributed by atoms with Crippen molar-refractivity contribution in [1.82, 2.24) is 9.62 Å². The molecule has 1 fully saturated rings. The average molecular weight is 334 g/mol. The van der Waals surface area contributed by atoms with E-state index in [0.717, 1.165) is 22.5 Å². The second kappa shape index (κ2) is 5.96. The number of sulfonamides is 1. The molecule has 0 unspecified atom stereocenters. The lowest BCUT2D eigenvalue weighted by molar-refractivity contribution is -0.385. The van der Waals surface area contributed by atoms with E-state index < -0.39 is 20.9 Å². The highest BCUT2D eigenvalue weighted by atomic mass is 35.5. The van der Waals surface area contributed by atoms with Gasteiger partial charge in [-0.3, -0.25) is 14.9 Å². The van der Waals surface area contributed by atoms with Crippen LogP contribution in [-0.2, 0) is 14.8 Å². The van der Waals surface area contributed by atoms with Crippen molar-refractivity contribution in [2.45, 2.75) is 11.3 Å². The van der Waals surface area contributed by atoms with Crippen molar-refractivity contribution in [3.8, 4) is 0 Å². The Bertz CT molecular complexity index is 691. The van der Waals surface area contributed by atoms with Crippen LogP contribution >= 0.6 is 11.6 Å². The number of carbonyl (C=O) groups is 1. The van der Waals surface area contributed by atoms with Gasteiger partial charge in [0.2, 0.25) is 15.9 Å². The van der Waals surface area contributed by atoms with E-state index >= 15 is 0 Å². The fraction of sp³-hybridized carbons (Fsp3) is 0.364. The van der Waals surface area contributed by atoms with Gasteiger partial charge in [-0.1, -0.05) is 11.6 Å². The summed E-state index contributed by atoms with van der Waals surface area (Å²) in [6.07, 6.45) is 0.456. The molecule has 1 aliphatic rings. The topological polar surface area (TPSA) is 110 Å². The van der Waals surface area contributed by atoms with E-state index in [2.05, 4.69) is 5.32 Å². The molecule has 1 saturated heterocycles. The van der Waals surface area contributed by atoms with Crippen molar-refractivity contribution in [2.75, 3.05) is 19.6 Å². The van der Waals surface area contributed by atoms with Gasteiger partial charge in [0.25, 0.3) is 5.69 Å². The largest absolute Gasteiger partial charge is 0.355 e. The Balaban J connectivity index is 2.45. The molecule has 0 radical (unpaired) electrons. The van der Waals surface area contributed by atoms with Crippen LogP contribution in [0, 0.1) is 10.1 Å². The predicted octanol–water partition coefficient (Wildman–Crippen LogP) is 0.759. The number of nitro groups is 1. The summed E-state index contributed by atoms with van der Waals surface area (Å²) < 4.78 is 26.0. The summed E-state index contributed by atoms with van der Waals surface area (Å²) in [4.78, 5) is 21.2. The summed E-state index contributed by atoms with van der Waals surface area (Å²) in [5.41, 5.74) is -0.378. The van der Waals surface area contributed by atoms with Crippen LogP contribution in [-0.4, -0.2) is 43.2 Å². The molecule has 0 atom stereocenters. The highest BCUT2D eigenvalue weighted by Crippen LogP contribution is 2.28. The minimum atomic E-state index is -4.07. The number of nitrogens with one attached hydrogen (secondary N) is 1. The zero-order chi connectivity index (χ0) is 15.6. The summed E-state index contributed by atoms with van der Waals surface area (Å²) in [5, 5.41) is 13.2. The highest BCUT2D eigenvalue weighted by Gasteiger charge is 2.31. The molecule has 1 aromatic carbocycles. The van der Waals surface area contributed by atoms with E-state index in [1.807, 2.05) is 0 Å². The number of carbonyl (C=O) groups excluding carboxylic acids is 1. The van der Waals surface area contributed by atoms with Gasteiger partial charge in [0.15, 0.2) is 0 Å². The number of nitrogens with zero attached hydrogens (tertiary/aromatic N) is 2. The second-order valence-corrected chi connectivity index (χ2v) is 6.73. The van der Waals surface area contributed by atoms with Crippen LogP contribution < -0.4 is 5.32 Å². The van der Waals surface area contributed by atoms with Crippen molar-refractivity contribution in [3.05, 3.63) is 33.3 Å². The summed E-state index contributed by atoms with van der Waals surface area (Å²) in [6, 6.07) is 3.18. The molecule has 0 spiro atoms. The van der Waals surface area contributed by atoms with Crippen LogP contribution in [0.1, 0.15) is 6.42 Å². The molecule has 10 heteroatoms. The number of benzene rings is 1. The third kappa shape index (κ3) is 3.31. The molecule has 8 nitrogen and oxygen atoms in total. The molecular weight excluding hydrogens is 322 g/mol. The van der Waals surface area contributed by atoms with Crippen LogP contribution in [0.3, 0.4) is 0 Å². The highest BCUT2D eigenvalue weighted by molar-refractivity contribution is 7.89. The summed E-state index contributed by atoms with van der Waals surface area (Å²) in [6.45, 7) is 0.189. The number of rotatable bonds is 3. The number of hydrogen-bond acceptors (Lipinski definition) is 5. The van der Waals surface area contributed by atoms with Crippen LogP contribution in [0.5, 0.6) is 0 Å². The van der Waals surface area contributed by atoms with Gasteiger partial charge in [-0.25, -0.2) is 8.42 Å². The summed E-state index contributed by atoms with van der Waals surface area (Å²) in [5.74, 6) is -0.419. The van der Waals surface area contributed by atoms with Crippen molar-refractivity contribution in [2.24, 2.45) is 0 Å². The van der Waals surface area contributed by atoms with Gasteiger partial charge < -0.3 is 5.32 Å². The maximum atomic E-state index is 12.5. The molecular formula is C11H12ClN3O5S. The molecule has 114 valence electrons. The van der Waals surface area contributed by atoms with Gasteiger partial charge >= 0.3 is 0 Å². The van der Waals surface area contributed by atoms with Crippen molar-refractivity contribution < 1.29 is 18.1 Å². The smallest absolute Gasteiger partial charge is 0.270 e. The molecule has 0 saturated carbocycles. The molecule has 0 aliphatic carbocycles. The van der Waals surface area contributed by atoms with Gasteiger partial charge in [-0.05, 0) is 12.5 Å². The standard InChI is InChI=1S/C11H12ClN3O5S/c12-9-3-2-8(15(17)18)6-10(9)21(19,20)14-5-1-4-13-11(16)7-14/h2-3,6H,1,4-5,7H2,(H,13,16). The Kier molecular flexibility index (Phi) is 4.45. The molecule has 1 amide bonds. The fourth-order valence-electron chi connectivity index (χ4n) is 1.93. The van der Waals surface area contributed by atoms with Crippen molar-refractivity contribution >= 4 is 33.2 Å². The van der Waals surface area contributed by atoms with E-state index in [0.29, 0.717) is 13.0 Å². The van der Waals surface area contributed by atoms with Crippen molar-refractivity contribution in [1.29, 1.82) is 0 Å². The molecule has 1 heterocycles. The quantitative estimate of drug-likeness (QED) is 0.648. The molecule has 2 rings (SSSR count). The predicted molar refractivity (Wildman–Crippen MR) is 74.5 cm³/mol. The fourth-order valence-corrected chi connectivity index (χ4v) is 3.85. The number of nitro benzene ring substituents is 1. The van der Waals surface area contributed by atoms with Gasteiger partial charge in [0.1, 0.15) is 4.90 Å². The minimum Gasteiger partial charge on any atom is -0.355 e. The Hall–Kier alpha value is -1.71. The van der Waals surface area contributed by atoms with E-state index in [-0.39, 0.29) is 28.7 Å². The number of non-ortho nitro benzene ring substituents is 1. The lowest BCUT2D eigenvalue weighted by Gasteiger charge is -2.19.